The van der Waals surface area contributed by atoms with E-state index in [-0.39, 0.29) is 11.4 Å². The molecule has 0 spiro atoms. The molecule has 2 unspecified atom stereocenters. The Morgan fingerprint density at radius 2 is 1.93 bits per heavy atom. The molecule has 0 radical (unpaired) electrons. The van der Waals surface area contributed by atoms with Crippen LogP contribution in [-0.2, 0) is 9.53 Å². The van der Waals surface area contributed by atoms with Crippen molar-refractivity contribution >= 4 is 11.7 Å². The van der Waals surface area contributed by atoms with Crippen LogP contribution in [0, 0.1) is 28.6 Å². The lowest BCUT2D eigenvalue weighted by atomic mass is 9.49. The average Bonchev–Trinajstić information content (AvgIpc) is 2.23. The van der Waals surface area contributed by atoms with Gasteiger partial charge in [-0.1, -0.05) is 0 Å². The van der Waals surface area contributed by atoms with Crippen molar-refractivity contribution in [2.24, 2.45) is 23.2 Å². The monoisotopic (exact) mass is 207 g/mol. The fraction of sp³-hybridized carbons (Fsp3) is 0.833. The van der Waals surface area contributed by atoms with Crippen LogP contribution in [-0.4, -0.2) is 18.8 Å². The minimum Gasteiger partial charge on any atom is -0.469 e. The van der Waals surface area contributed by atoms with Crippen molar-refractivity contribution in [3.63, 3.8) is 0 Å². The molecule has 0 saturated heterocycles. The van der Waals surface area contributed by atoms with Gasteiger partial charge in [-0.05, 0) is 49.9 Å². The van der Waals surface area contributed by atoms with Gasteiger partial charge in [0.15, 0.2) is 0 Å². The molecule has 0 aromatic rings. The van der Waals surface area contributed by atoms with Crippen LogP contribution in [0.5, 0.6) is 0 Å². The number of carbonyl (C=O) groups is 1. The molecule has 0 aromatic heterocycles. The zero-order chi connectivity index (χ0) is 10.6. The maximum Gasteiger partial charge on any atom is 0.311 e. The Labute approximate surface area is 89.7 Å². The molecule has 3 heteroatoms. The summed E-state index contributed by atoms with van der Waals surface area (Å²) in [5, 5.41) is 8.05. The first-order valence-corrected chi connectivity index (χ1v) is 5.81. The summed E-state index contributed by atoms with van der Waals surface area (Å²) in [4.78, 5) is 11.9. The summed E-state index contributed by atoms with van der Waals surface area (Å²) < 4.78 is 4.96. The molecule has 4 aliphatic carbocycles. The molecule has 82 valence electrons. The highest BCUT2D eigenvalue weighted by Gasteiger charge is 2.57. The molecule has 15 heavy (non-hydrogen) atoms. The second-order valence-corrected chi connectivity index (χ2v) is 5.57. The first-order chi connectivity index (χ1) is 7.14. The van der Waals surface area contributed by atoms with E-state index >= 15 is 0 Å². The highest BCUT2D eigenvalue weighted by atomic mass is 16.5. The standard InChI is InChI=1S/C12H17NO2/c1-15-11(14)12-4-7-2-8(5-12)10(13)9(3-7)6-12/h7-9,13H,2-6H2,1H3. The van der Waals surface area contributed by atoms with Gasteiger partial charge in [0.1, 0.15) is 0 Å². The topological polar surface area (TPSA) is 50.2 Å². The van der Waals surface area contributed by atoms with Gasteiger partial charge in [0, 0.05) is 5.71 Å². The molecule has 4 fully saturated rings. The number of esters is 1. The number of carbonyl (C=O) groups excluding carboxylic acids is 1. The Morgan fingerprint density at radius 1 is 1.33 bits per heavy atom. The van der Waals surface area contributed by atoms with Gasteiger partial charge in [0.05, 0.1) is 12.5 Å². The number of nitrogens with one attached hydrogen (secondary N) is 1. The maximum absolute atomic E-state index is 11.9. The van der Waals surface area contributed by atoms with Crippen LogP contribution in [0.3, 0.4) is 0 Å². The number of hydrogen-bond donors (Lipinski definition) is 1. The number of methoxy groups -OCH3 is 1. The second kappa shape index (κ2) is 2.83. The highest BCUT2D eigenvalue weighted by molar-refractivity contribution is 5.91. The Hall–Kier alpha value is -0.860. The number of rotatable bonds is 1. The van der Waals surface area contributed by atoms with Gasteiger partial charge in [0.25, 0.3) is 0 Å². The summed E-state index contributed by atoms with van der Waals surface area (Å²) in [7, 11) is 1.49. The minimum atomic E-state index is -0.213. The largest absolute Gasteiger partial charge is 0.469 e. The first-order valence-electron chi connectivity index (χ1n) is 5.81. The van der Waals surface area contributed by atoms with Gasteiger partial charge >= 0.3 is 5.97 Å². The Bertz CT molecular complexity index is 319. The van der Waals surface area contributed by atoms with Crippen LogP contribution in [0.2, 0.25) is 0 Å². The first kappa shape index (κ1) is 9.37. The zero-order valence-corrected chi connectivity index (χ0v) is 9.08. The van der Waals surface area contributed by atoms with Gasteiger partial charge in [-0.2, -0.15) is 0 Å². The van der Waals surface area contributed by atoms with Crippen LogP contribution >= 0.6 is 0 Å². The number of hydrogen-bond acceptors (Lipinski definition) is 3. The van der Waals surface area contributed by atoms with Gasteiger partial charge in [-0.15, -0.1) is 0 Å². The quantitative estimate of drug-likeness (QED) is 0.669. The van der Waals surface area contributed by atoms with Gasteiger partial charge < -0.3 is 10.1 Å². The third-order valence-corrected chi connectivity index (χ3v) is 4.69. The molecule has 4 saturated carbocycles. The van der Waals surface area contributed by atoms with Crippen molar-refractivity contribution in [1.82, 2.24) is 0 Å². The third kappa shape index (κ3) is 1.12. The lowest BCUT2D eigenvalue weighted by Gasteiger charge is -2.55. The third-order valence-electron chi connectivity index (χ3n) is 4.69. The number of ether oxygens (including phenoxy) is 1. The summed E-state index contributed by atoms with van der Waals surface area (Å²) in [5.74, 6) is 1.43. The van der Waals surface area contributed by atoms with Crippen LogP contribution in [0.1, 0.15) is 32.1 Å². The predicted molar refractivity (Wildman–Crippen MR) is 55.7 cm³/mol. The Morgan fingerprint density at radius 3 is 2.47 bits per heavy atom. The normalized spacial score (nSPS) is 47.0. The van der Waals surface area contributed by atoms with Crippen LogP contribution < -0.4 is 0 Å². The molecule has 0 amide bonds. The SMILES string of the molecule is COC(=O)C12CC3CC(C1)C(=N)C(C3)C2. The summed E-state index contributed by atoms with van der Waals surface area (Å²) in [5.41, 5.74) is 0.709. The molecule has 0 aliphatic heterocycles. The highest BCUT2D eigenvalue weighted by Crippen LogP contribution is 2.58. The predicted octanol–water partition coefficient (Wildman–Crippen LogP) is 2.01. The Kier molecular flexibility index (Phi) is 1.77. The van der Waals surface area contributed by atoms with E-state index in [1.54, 1.807) is 0 Å². The van der Waals surface area contributed by atoms with E-state index < -0.39 is 0 Å². The smallest absolute Gasteiger partial charge is 0.311 e. The molecule has 1 N–H and O–H groups in total. The van der Waals surface area contributed by atoms with Gasteiger partial charge in [0.2, 0.25) is 0 Å². The van der Waals surface area contributed by atoms with E-state index in [0.29, 0.717) is 17.8 Å². The molecular formula is C12H17NO2. The molecule has 3 nitrogen and oxygen atoms in total. The maximum atomic E-state index is 11.9. The average molecular weight is 207 g/mol. The minimum absolute atomic E-state index is 0.0191. The van der Waals surface area contributed by atoms with E-state index in [9.17, 15) is 4.79 Å². The van der Waals surface area contributed by atoms with E-state index in [4.69, 9.17) is 10.1 Å². The van der Waals surface area contributed by atoms with Crippen LogP contribution in [0.4, 0.5) is 0 Å². The van der Waals surface area contributed by atoms with E-state index in [1.807, 2.05) is 0 Å². The fourth-order valence-corrected chi connectivity index (χ4v) is 4.25. The molecule has 4 bridgehead atoms. The summed E-state index contributed by atoms with van der Waals surface area (Å²) >= 11 is 0. The molecular weight excluding hydrogens is 190 g/mol. The summed E-state index contributed by atoms with van der Waals surface area (Å²) in [6.45, 7) is 0. The zero-order valence-electron chi connectivity index (χ0n) is 9.08. The van der Waals surface area contributed by atoms with Crippen molar-refractivity contribution in [2.45, 2.75) is 32.1 Å². The van der Waals surface area contributed by atoms with Crippen molar-refractivity contribution in [3.05, 3.63) is 0 Å². The Balaban J connectivity index is 1.95. The van der Waals surface area contributed by atoms with E-state index in [1.165, 1.54) is 7.11 Å². The lowest BCUT2D eigenvalue weighted by Crippen LogP contribution is -2.54. The van der Waals surface area contributed by atoms with Crippen molar-refractivity contribution in [3.8, 4) is 0 Å². The molecule has 4 aliphatic rings. The van der Waals surface area contributed by atoms with Crippen LogP contribution in [0.25, 0.3) is 0 Å². The van der Waals surface area contributed by atoms with Gasteiger partial charge in [-0.3, -0.25) is 4.79 Å². The summed E-state index contributed by atoms with van der Waals surface area (Å²) in [6, 6.07) is 0. The molecule has 2 atom stereocenters. The molecule has 0 aromatic carbocycles. The lowest BCUT2D eigenvalue weighted by molar-refractivity contribution is -0.162. The van der Waals surface area contributed by atoms with Crippen molar-refractivity contribution in [1.29, 1.82) is 5.41 Å². The summed E-state index contributed by atoms with van der Waals surface area (Å²) in [6.07, 6.45) is 5.07. The molecule has 4 rings (SSSR count). The fourth-order valence-electron chi connectivity index (χ4n) is 4.25. The second-order valence-electron chi connectivity index (χ2n) is 5.57. The van der Waals surface area contributed by atoms with Crippen LogP contribution in [0.15, 0.2) is 0 Å². The van der Waals surface area contributed by atoms with Gasteiger partial charge in [-0.25, -0.2) is 0 Å². The molecule has 0 heterocycles. The van der Waals surface area contributed by atoms with Crippen molar-refractivity contribution in [2.75, 3.05) is 7.11 Å². The van der Waals surface area contributed by atoms with E-state index in [0.717, 1.165) is 37.8 Å². The van der Waals surface area contributed by atoms with E-state index in [2.05, 4.69) is 0 Å². The van der Waals surface area contributed by atoms with Crippen molar-refractivity contribution < 1.29 is 9.53 Å².